The number of rotatable bonds is 7. The summed E-state index contributed by atoms with van der Waals surface area (Å²) in [5.41, 5.74) is 3.27. The molecule has 2 aromatic carbocycles. The summed E-state index contributed by atoms with van der Waals surface area (Å²) in [5.74, 6) is 0.903. The van der Waals surface area contributed by atoms with Gasteiger partial charge in [-0.2, -0.15) is 5.10 Å². The van der Waals surface area contributed by atoms with E-state index in [4.69, 9.17) is 14.6 Å². The minimum absolute atomic E-state index is 0.194. The van der Waals surface area contributed by atoms with Crippen molar-refractivity contribution in [1.82, 2.24) is 15.1 Å². The van der Waals surface area contributed by atoms with Crippen LogP contribution in [-0.2, 0) is 6.54 Å². The van der Waals surface area contributed by atoms with E-state index in [1.165, 1.54) is 0 Å². The number of methoxy groups -OCH3 is 2. The number of carbonyl (C=O) groups excluding carboxylic acids is 1. The lowest BCUT2D eigenvalue weighted by Crippen LogP contribution is -2.22. The number of ether oxygens (including phenoxy) is 2. The van der Waals surface area contributed by atoms with Gasteiger partial charge in [0, 0.05) is 23.9 Å². The fourth-order valence-corrected chi connectivity index (χ4v) is 3.87. The molecular weight excluding hydrogens is 398 g/mol. The van der Waals surface area contributed by atoms with Gasteiger partial charge < -0.3 is 14.8 Å². The standard InChI is InChI=1S/C23H21N3O3S/c1-28-19-11-10-16(13-20(19)29-2)23(27)24-14-17-15-26(18-7-4-3-5-8-18)25-22(17)21-9-6-12-30-21/h3-13,15H,14H2,1-2H3,(H,24,27). The fraction of sp³-hybridized carbons (Fsp3) is 0.130. The lowest BCUT2D eigenvalue weighted by Gasteiger charge is -2.10. The normalized spacial score (nSPS) is 10.6. The number of aromatic nitrogens is 2. The van der Waals surface area contributed by atoms with Crippen LogP contribution in [0.1, 0.15) is 15.9 Å². The van der Waals surface area contributed by atoms with Crippen LogP contribution >= 0.6 is 11.3 Å². The van der Waals surface area contributed by atoms with E-state index in [0.29, 0.717) is 23.6 Å². The van der Waals surface area contributed by atoms with Crippen LogP contribution in [-0.4, -0.2) is 29.9 Å². The first-order valence-electron chi connectivity index (χ1n) is 9.37. The summed E-state index contributed by atoms with van der Waals surface area (Å²) < 4.78 is 12.4. The summed E-state index contributed by atoms with van der Waals surface area (Å²) in [4.78, 5) is 13.8. The second-order valence-electron chi connectivity index (χ2n) is 6.51. The van der Waals surface area contributed by atoms with Gasteiger partial charge in [-0.1, -0.05) is 24.3 Å². The van der Waals surface area contributed by atoms with E-state index in [2.05, 4.69) is 5.32 Å². The molecule has 0 atom stereocenters. The van der Waals surface area contributed by atoms with Crippen molar-refractivity contribution in [2.75, 3.05) is 14.2 Å². The summed E-state index contributed by atoms with van der Waals surface area (Å²) in [5, 5.41) is 9.77. The van der Waals surface area contributed by atoms with E-state index < -0.39 is 0 Å². The highest BCUT2D eigenvalue weighted by atomic mass is 32.1. The molecule has 0 saturated heterocycles. The van der Waals surface area contributed by atoms with Crippen LogP contribution in [0.3, 0.4) is 0 Å². The van der Waals surface area contributed by atoms with Gasteiger partial charge in [0.15, 0.2) is 11.5 Å². The third-order valence-electron chi connectivity index (χ3n) is 4.65. The number of hydrogen-bond donors (Lipinski definition) is 1. The first-order chi connectivity index (χ1) is 14.7. The van der Waals surface area contributed by atoms with E-state index >= 15 is 0 Å². The summed E-state index contributed by atoms with van der Waals surface area (Å²) >= 11 is 1.62. The van der Waals surface area contributed by atoms with E-state index in [9.17, 15) is 4.79 Å². The van der Waals surface area contributed by atoms with Crippen LogP contribution in [0.5, 0.6) is 11.5 Å². The Morgan fingerprint density at radius 2 is 1.83 bits per heavy atom. The van der Waals surface area contributed by atoms with Crippen molar-refractivity contribution in [1.29, 1.82) is 0 Å². The number of thiophene rings is 1. The molecule has 30 heavy (non-hydrogen) atoms. The Hall–Kier alpha value is -3.58. The number of amides is 1. The highest BCUT2D eigenvalue weighted by Gasteiger charge is 2.16. The molecule has 0 fully saturated rings. The number of para-hydroxylation sites is 1. The molecule has 2 heterocycles. The number of nitrogens with one attached hydrogen (secondary N) is 1. The first kappa shape index (κ1) is 19.7. The molecule has 0 aliphatic carbocycles. The average molecular weight is 420 g/mol. The second-order valence-corrected chi connectivity index (χ2v) is 7.46. The molecule has 1 amide bonds. The number of benzene rings is 2. The minimum Gasteiger partial charge on any atom is -0.493 e. The summed E-state index contributed by atoms with van der Waals surface area (Å²) in [6, 6.07) is 19.0. The lowest BCUT2D eigenvalue weighted by molar-refractivity contribution is 0.0950. The van der Waals surface area contributed by atoms with E-state index in [1.807, 2.05) is 58.7 Å². The molecule has 0 spiro atoms. The van der Waals surface area contributed by atoms with Crippen LogP contribution in [0.15, 0.2) is 72.2 Å². The smallest absolute Gasteiger partial charge is 0.251 e. The maximum Gasteiger partial charge on any atom is 0.251 e. The van der Waals surface area contributed by atoms with Gasteiger partial charge in [-0.3, -0.25) is 4.79 Å². The van der Waals surface area contributed by atoms with Crippen molar-refractivity contribution < 1.29 is 14.3 Å². The number of nitrogens with zero attached hydrogens (tertiary/aromatic N) is 2. The molecular formula is C23H21N3O3S. The SMILES string of the molecule is COc1ccc(C(=O)NCc2cn(-c3ccccc3)nc2-c2cccs2)cc1OC. The third-order valence-corrected chi connectivity index (χ3v) is 5.53. The fourth-order valence-electron chi connectivity index (χ4n) is 3.13. The Bertz CT molecular complexity index is 1140. The molecule has 1 N–H and O–H groups in total. The summed E-state index contributed by atoms with van der Waals surface area (Å²) in [6.07, 6.45) is 1.96. The molecule has 0 aliphatic heterocycles. The van der Waals surface area contributed by atoms with Gasteiger partial charge in [-0.25, -0.2) is 4.68 Å². The molecule has 6 nitrogen and oxygen atoms in total. The van der Waals surface area contributed by atoms with Crippen molar-refractivity contribution in [3.63, 3.8) is 0 Å². The van der Waals surface area contributed by atoms with Gasteiger partial charge in [-0.05, 0) is 41.8 Å². The van der Waals surface area contributed by atoms with Crippen LogP contribution < -0.4 is 14.8 Å². The predicted molar refractivity (Wildman–Crippen MR) is 118 cm³/mol. The van der Waals surface area contributed by atoms with Gasteiger partial charge >= 0.3 is 0 Å². The minimum atomic E-state index is -0.194. The predicted octanol–water partition coefficient (Wildman–Crippen LogP) is 4.55. The number of carbonyl (C=O) groups is 1. The summed E-state index contributed by atoms with van der Waals surface area (Å²) in [6.45, 7) is 0.354. The van der Waals surface area contributed by atoms with Crippen LogP contribution in [0.4, 0.5) is 0 Å². The maximum atomic E-state index is 12.7. The molecule has 0 bridgehead atoms. The van der Waals surface area contributed by atoms with Crippen molar-refractivity contribution in [3.05, 3.63) is 83.4 Å². The Morgan fingerprint density at radius 1 is 1.03 bits per heavy atom. The van der Waals surface area contributed by atoms with Crippen molar-refractivity contribution in [2.24, 2.45) is 0 Å². The largest absolute Gasteiger partial charge is 0.493 e. The van der Waals surface area contributed by atoms with E-state index in [1.54, 1.807) is 43.8 Å². The molecule has 2 aromatic heterocycles. The van der Waals surface area contributed by atoms with E-state index in [0.717, 1.165) is 21.8 Å². The van der Waals surface area contributed by atoms with Gasteiger partial charge in [-0.15, -0.1) is 11.3 Å². The second kappa shape index (κ2) is 8.84. The van der Waals surface area contributed by atoms with E-state index in [-0.39, 0.29) is 5.91 Å². The highest BCUT2D eigenvalue weighted by Crippen LogP contribution is 2.29. The Kier molecular flexibility index (Phi) is 5.81. The molecule has 0 radical (unpaired) electrons. The molecule has 4 aromatic rings. The topological polar surface area (TPSA) is 65.4 Å². The maximum absolute atomic E-state index is 12.7. The van der Waals surface area contributed by atoms with Gasteiger partial charge in [0.1, 0.15) is 5.69 Å². The zero-order valence-corrected chi connectivity index (χ0v) is 17.5. The quantitative estimate of drug-likeness (QED) is 0.477. The summed E-state index contributed by atoms with van der Waals surface area (Å²) in [7, 11) is 3.11. The molecule has 0 aliphatic rings. The first-order valence-corrected chi connectivity index (χ1v) is 10.3. The Balaban J connectivity index is 1.58. The molecule has 152 valence electrons. The van der Waals surface area contributed by atoms with Crippen molar-refractivity contribution in [2.45, 2.75) is 6.54 Å². The van der Waals surface area contributed by atoms with Gasteiger partial charge in [0.05, 0.1) is 24.8 Å². The average Bonchev–Trinajstić information content (AvgIpc) is 3.47. The number of hydrogen-bond acceptors (Lipinski definition) is 5. The van der Waals surface area contributed by atoms with Crippen LogP contribution in [0.2, 0.25) is 0 Å². The van der Waals surface area contributed by atoms with Crippen LogP contribution in [0, 0.1) is 0 Å². The molecule has 0 saturated carbocycles. The zero-order valence-electron chi connectivity index (χ0n) is 16.7. The van der Waals surface area contributed by atoms with Gasteiger partial charge in [0.2, 0.25) is 0 Å². The van der Waals surface area contributed by atoms with Crippen molar-refractivity contribution >= 4 is 17.2 Å². The zero-order chi connectivity index (χ0) is 20.9. The molecule has 7 heteroatoms. The highest BCUT2D eigenvalue weighted by molar-refractivity contribution is 7.13. The third kappa shape index (κ3) is 4.06. The monoisotopic (exact) mass is 419 g/mol. The molecule has 4 rings (SSSR count). The van der Waals surface area contributed by atoms with Gasteiger partial charge in [0.25, 0.3) is 5.91 Å². The van der Waals surface area contributed by atoms with Crippen molar-refractivity contribution in [3.8, 4) is 27.8 Å². The Morgan fingerprint density at radius 3 is 2.53 bits per heavy atom. The lowest BCUT2D eigenvalue weighted by atomic mass is 10.1. The van der Waals surface area contributed by atoms with Crippen LogP contribution in [0.25, 0.3) is 16.3 Å². The molecule has 0 unspecified atom stereocenters. The Labute approximate surface area is 178 Å².